The van der Waals surface area contributed by atoms with Crippen LogP contribution in [-0.2, 0) is 0 Å². The Kier molecular flexibility index (Phi) is 2.39. The highest BCUT2D eigenvalue weighted by Gasteiger charge is 1.96. The molecule has 0 atom stereocenters. The summed E-state index contributed by atoms with van der Waals surface area (Å²) in [6.45, 7) is 0. The molecule has 1 aromatic rings. The van der Waals surface area contributed by atoms with Crippen molar-refractivity contribution in [3.8, 4) is 0 Å². The third-order valence-electron chi connectivity index (χ3n) is 1.20. The van der Waals surface area contributed by atoms with E-state index in [1.807, 2.05) is 18.2 Å². The van der Waals surface area contributed by atoms with Crippen LogP contribution in [0.5, 0.6) is 0 Å². The first kappa shape index (κ1) is 6.64. The molecule has 11 heavy (non-hydrogen) atoms. The van der Waals surface area contributed by atoms with E-state index in [0.29, 0.717) is 0 Å². The maximum atomic E-state index is 8.58. The molecule has 1 aromatic carbocycles. The Morgan fingerprint density at radius 1 is 1.27 bits per heavy atom. The van der Waals surface area contributed by atoms with Crippen LogP contribution in [-0.4, -0.2) is 17.2 Å². The van der Waals surface area contributed by atoms with Crippen molar-refractivity contribution in [2.45, 2.75) is 0 Å². The van der Waals surface area contributed by atoms with Crippen molar-refractivity contribution in [1.82, 2.24) is 0 Å². The van der Waals surface area contributed by atoms with Gasteiger partial charge in [-0.15, -0.1) is 0 Å². The Bertz CT molecular complexity index is 272. The fourth-order valence-electron chi connectivity index (χ4n) is 0.720. The third kappa shape index (κ3) is 3.02. The van der Waals surface area contributed by atoms with Crippen LogP contribution in [0.1, 0.15) is 6.93 Å². The van der Waals surface area contributed by atoms with E-state index in [0.717, 1.165) is 5.56 Å². The molecule has 3 heteroatoms. The van der Waals surface area contributed by atoms with Crippen molar-refractivity contribution in [2.75, 3.05) is 0 Å². The van der Waals surface area contributed by atoms with Gasteiger partial charge in [-0.05, 0) is 5.56 Å². The van der Waals surface area contributed by atoms with Gasteiger partial charge in [-0.25, -0.2) is 0 Å². The van der Waals surface area contributed by atoms with E-state index in [2.05, 4.69) is 0 Å². The lowest BCUT2D eigenvalue weighted by molar-refractivity contribution is 0.424. The number of rotatable bonds is 2. The molecular weight excluding hydrogens is 139 g/mol. The van der Waals surface area contributed by atoms with Gasteiger partial charge in [0.05, 0.1) is 1.37 Å². The van der Waals surface area contributed by atoms with Crippen LogP contribution >= 0.6 is 0 Å². The van der Waals surface area contributed by atoms with E-state index < -0.39 is 7.12 Å². The highest BCUT2D eigenvalue weighted by Crippen LogP contribution is 2.00. The minimum atomic E-state index is -1.69. The lowest BCUT2D eigenvalue weighted by Crippen LogP contribution is -2.05. The van der Waals surface area contributed by atoms with Crippen molar-refractivity contribution in [3.05, 3.63) is 41.8 Å². The van der Waals surface area contributed by atoms with Gasteiger partial charge in [-0.1, -0.05) is 42.4 Å². The lowest BCUT2D eigenvalue weighted by atomic mass is 9.91. The van der Waals surface area contributed by atoms with E-state index in [4.69, 9.17) is 11.4 Å². The van der Waals surface area contributed by atoms with Gasteiger partial charge in [-0.3, -0.25) is 0 Å². The van der Waals surface area contributed by atoms with Crippen LogP contribution in [0.2, 0.25) is 0 Å². The minimum Gasteiger partial charge on any atom is -0.424 e. The van der Waals surface area contributed by atoms with E-state index in [9.17, 15) is 0 Å². The van der Waals surface area contributed by atoms with Gasteiger partial charge in [-0.2, -0.15) is 0 Å². The molecule has 2 nitrogen and oxygen atoms in total. The molecule has 0 aromatic heterocycles. The zero-order valence-electron chi connectivity index (χ0n) is 6.94. The summed E-state index contributed by atoms with van der Waals surface area (Å²) < 4.78 is 7.13. The quantitative estimate of drug-likeness (QED) is 0.608. The van der Waals surface area contributed by atoms with Gasteiger partial charge in [0.1, 0.15) is 0 Å². The lowest BCUT2D eigenvalue weighted by Gasteiger charge is -1.90. The zero-order chi connectivity index (χ0) is 8.97. The molecule has 0 aliphatic rings. The maximum Gasteiger partial charge on any atom is 0.480 e. The van der Waals surface area contributed by atoms with Crippen LogP contribution in [0.3, 0.4) is 0 Å². The summed E-state index contributed by atoms with van der Waals surface area (Å²) in [6, 6.07) is 9.08. The van der Waals surface area contributed by atoms with Crippen LogP contribution in [0.4, 0.5) is 0 Å². The van der Waals surface area contributed by atoms with E-state index in [-0.39, 0.29) is 5.95 Å². The van der Waals surface area contributed by atoms with Gasteiger partial charge in [0.25, 0.3) is 0 Å². The largest absolute Gasteiger partial charge is 0.480 e. The van der Waals surface area contributed by atoms with Crippen LogP contribution in [0, 0.1) is 0 Å². The monoisotopic (exact) mass is 149 g/mol. The normalized spacial score (nSPS) is 12.5. The number of hydrogen-bond donors (Lipinski definition) is 2. The topological polar surface area (TPSA) is 40.5 Å². The molecule has 0 unspecified atom stereocenters. The van der Waals surface area contributed by atoms with E-state index in [1.165, 1.54) is 6.08 Å². The van der Waals surface area contributed by atoms with Crippen molar-refractivity contribution >= 4 is 13.2 Å². The predicted octanol–water partition coefficient (Wildman–Crippen LogP) is 0.712. The third-order valence-corrected chi connectivity index (χ3v) is 1.20. The molecular formula is C8H9BO2. The zero-order valence-corrected chi connectivity index (χ0v) is 5.94. The van der Waals surface area contributed by atoms with Gasteiger partial charge < -0.3 is 10.0 Å². The SMILES string of the molecule is [2H]/C(=C\c1ccccc1)B(O)O. The molecule has 0 aliphatic heterocycles. The number of hydrogen-bond acceptors (Lipinski definition) is 2. The first-order chi connectivity index (χ1) is 5.70. The first-order valence-electron chi connectivity index (χ1n) is 3.79. The Morgan fingerprint density at radius 2 is 1.91 bits per heavy atom. The summed E-state index contributed by atoms with van der Waals surface area (Å²) in [6.07, 6.45) is 1.41. The molecule has 0 radical (unpaired) electrons. The summed E-state index contributed by atoms with van der Waals surface area (Å²) in [7, 11) is -1.69. The second-order valence-corrected chi connectivity index (χ2v) is 2.10. The Morgan fingerprint density at radius 3 is 2.45 bits per heavy atom. The molecule has 2 N–H and O–H groups in total. The molecule has 0 saturated carbocycles. The van der Waals surface area contributed by atoms with Gasteiger partial charge in [0, 0.05) is 0 Å². The Labute approximate surface area is 67.4 Å². The van der Waals surface area contributed by atoms with Crippen molar-refractivity contribution in [1.29, 1.82) is 0 Å². The summed E-state index contributed by atoms with van der Waals surface area (Å²) in [5.74, 6) is -0.207. The van der Waals surface area contributed by atoms with Gasteiger partial charge >= 0.3 is 7.12 Å². The summed E-state index contributed by atoms with van der Waals surface area (Å²) in [5, 5.41) is 17.2. The Balaban J connectivity index is 2.81. The van der Waals surface area contributed by atoms with Gasteiger partial charge in [0.2, 0.25) is 0 Å². The molecule has 0 amide bonds. The van der Waals surface area contributed by atoms with E-state index in [1.54, 1.807) is 12.1 Å². The van der Waals surface area contributed by atoms with Crippen molar-refractivity contribution < 1.29 is 11.4 Å². The fraction of sp³-hybridized carbons (Fsp3) is 0. The average Bonchev–Trinajstić information content (AvgIpc) is 2.06. The standard InChI is InChI=1S/C8H9BO2/c10-9(11)7-6-8-4-2-1-3-5-8/h1-7,10-11H/b7-6+/i7D. The minimum absolute atomic E-state index is 0.207. The van der Waals surface area contributed by atoms with Gasteiger partial charge in [0.15, 0.2) is 0 Å². The molecule has 56 valence electrons. The molecule has 0 heterocycles. The molecule has 0 bridgehead atoms. The van der Waals surface area contributed by atoms with E-state index >= 15 is 0 Å². The highest BCUT2D eigenvalue weighted by molar-refractivity contribution is 6.48. The second-order valence-electron chi connectivity index (χ2n) is 2.10. The maximum absolute atomic E-state index is 8.58. The highest BCUT2D eigenvalue weighted by atomic mass is 16.4. The molecule has 0 saturated heterocycles. The second kappa shape index (κ2) is 3.96. The Hall–Kier alpha value is -1.06. The van der Waals surface area contributed by atoms with Crippen LogP contribution in [0.15, 0.2) is 36.3 Å². The molecule has 0 spiro atoms. The molecule has 1 rings (SSSR count). The van der Waals surface area contributed by atoms with Crippen molar-refractivity contribution in [3.63, 3.8) is 0 Å². The average molecular weight is 149 g/mol. The summed E-state index contributed by atoms with van der Waals surface area (Å²) in [5.41, 5.74) is 0.788. The number of benzene rings is 1. The van der Waals surface area contributed by atoms with Crippen LogP contribution in [0.25, 0.3) is 6.08 Å². The van der Waals surface area contributed by atoms with Crippen LogP contribution < -0.4 is 0 Å². The summed E-state index contributed by atoms with van der Waals surface area (Å²) in [4.78, 5) is 0. The predicted molar refractivity (Wildman–Crippen MR) is 45.7 cm³/mol. The smallest absolute Gasteiger partial charge is 0.424 e. The summed E-state index contributed by atoms with van der Waals surface area (Å²) >= 11 is 0. The first-order valence-corrected chi connectivity index (χ1v) is 3.29. The molecule has 0 fully saturated rings. The molecule has 0 aliphatic carbocycles. The van der Waals surface area contributed by atoms with Crippen molar-refractivity contribution in [2.24, 2.45) is 0 Å². The fourth-order valence-corrected chi connectivity index (χ4v) is 0.720.